The Balaban J connectivity index is 2.76. The van der Waals surface area contributed by atoms with Gasteiger partial charge in [-0.1, -0.05) is 13.8 Å². The van der Waals surface area contributed by atoms with E-state index in [1.54, 1.807) is 0 Å². The van der Waals surface area contributed by atoms with E-state index in [4.69, 9.17) is 10.2 Å². The molecule has 14 heavy (non-hydrogen) atoms. The van der Waals surface area contributed by atoms with Crippen molar-refractivity contribution >= 4 is 11.8 Å². The second kappa shape index (κ2) is 5.47. The first-order valence-corrected chi connectivity index (χ1v) is 6.17. The summed E-state index contributed by atoms with van der Waals surface area (Å²) in [5, 5.41) is 0.304. The number of furan rings is 1. The summed E-state index contributed by atoms with van der Waals surface area (Å²) in [4.78, 5) is 0. The Morgan fingerprint density at radius 3 is 2.57 bits per heavy atom. The first-order valence-electron chi connectivity index (χ1n) is 5.12. The maximum Gasteiger partial charge on any atom is 0.118 e. The summed E-state index contributed by atoms with van der Waals surface area (Å²) < 4.78 is 5.62. The Labute approximate surface area is 90.2 Å². The molecule has 0 bridgehead atoms. The SMILES string of the molecule is CCSC(c1ccc(C)o1)C(N)CC. The van der Waals surface area contributed by atoms with Crippen molar-refractivity contribution in [3.05, 3.63) is 23.7 Å². The molecule has 0 saturated carbocycles. The van der Waals surface area contributed by atoms with Crippen LogP contribution >= 0.6 is 11.8 Å². The van der Waals surface area contributed by atoms with Gasteiger partial charge in [0.2, 0.25) is 0 Å². The van der Waals surface area contributed by atoms with Crippen LogP contribution < -0.4 is 5.73 Å². The van der Waals surface area contributed by atoms with E-state index in [1.165, 1.54) is 0 Å². The van der Waals surface area contributed by atoms with Gasteiger partial charge in [-0.15, -0.1) is 11.8 Å². The fourth-order valence-corrected chi connectivity index (χ4v) is 2.51. The number of thioether (sulfide) groups is 1. The van der Waals surface area contributed by atoms with E-state index in [2.05, 4.69) is 13.8 Å². The van der Waals surface area contributed by atoms with E-state index in [0.29, 0.717) is 5.25 Å². The molecule has 0 radical (unpaired) electrons. The molecule has 2 atom stereocenters. The highest BCUT2D eigenvalue weighted by Gasteiger charge is 2.21. The zero-order valence-corrected chi connectivity index (χ0v) is 9.93. The Morgan fingerprint density at radius 2 is 2.14 bits per heavy atom. The molecule has 3 heteroatoms. The lowest BCUT2D eigenvalue weighted by Gasteiger charge is -2.19. The summed E-state index contributed by atoms with van der Waals surface area (Å²) in [7, 11) is 0. The van der Waals surface area contributed by atoms with Crippen LogP contribution in [0.4, 0.5) is 0 Å². The van der Waals surface area contributed by atoms with Gasteiger partial charge in [0.1, 0.15) is 11.5 Å². The van der Waals surface area contributed by atoms with Gasteiger partial charge in [0.05, 0.1) is 5.25 Å². The molecule has 0 aromatic carbocycles. The van der Waals surface area contributed by atoms with E-state index in [1.807, 2.05) is 30.8 Å². The zero-order valence-electron chi connectivity index (χ0n) is 9.12. The molecule has 2 nitrogen and oxygen atoms in total. The van der Waals surface area contributed by atoms with Crippen molar-refractivity contribution in [1.29, 1.82) is 0 Å². The molecule has 80 valence electrons. The molecular formula is C11H19NOS. The number of aryl methyl sites for hydroxylation is 1. The van der Waals surface area contributed by atoms with E-state index >= 15 is 0 Å². The molecule has 1 rings (SSSR count). The molecule has 0 fully saturated rings. The lowest BCUT2D eigenvalue weighted by molar-refractivity contribution is 0.454. The van der Waals surface area contributed by atoms with Crippen LogP contribution in [0.15, 0.2) is 16.5 Å². The van der Waals surface area contributed by atoms with Crippen molar-refractivity contribution in [3.63, 3.8) is 0 Å². The number of nitrogens with two attached hydrogens (primary N) is 1. The average molecular weight is 213 g/mol. The summed E-state index contributed by atoms with van der Waals surface area (Å²) >= 11 is 1.86. The molecule has 0 aliphatic carbocycles. The van der Waals surface area contributed by atoms with E-state index in [9.17, 15) is 0 Å². The topological polar surface area (TPSA) is 39.2 Å². The largest absolute Gasteiger partial charge is 0.465 e. The maximum absolute atomic E-state index is 6.06. The van der Waals surface area contributed by atoms with Gasteiger partial charge in [-0.05, 0) is 31.2 Å². The molecule has 0 spiro atoms. The van der Waals surface area contributed by atoms with Gasteiger partial charge in [-0.2, -0.15) is 0 Å². The molecule has 0 saturated heterocycles. The molecule has 1 aromatic heterocycles. The third-order valence-electron chi connectivity index (χ3n) is 2.25. The number of rotatable bonds is 5. The summed E-state index contributed by atoms with van der Waals surface area (Å²) in [6.07, 6.45) is 0.984. The van der Waals surface area contributed by atoms with Crippen molar-refractivity contribution in [2.45, 2.75) is 38.5 Å². The molecule has 0 amide bonds. The predicted octanol–water partition coefficient (Wildman–Crippen LogP) is 3.12. The predicted molar refractivity (Wildman–Crippen MR) is 62.6 cm³/mol. The number of hydrogen-bond donors (Lipinski definition) is 1. The maximum atomic E-state index is 6.06. The van der Waals surface area contributed by atoms with Crippen LogP contribution in [0.1, 0.15) is 37.0 Å². The van der Waals surface area contributed by atoms with Gasteiger partial charge >= 0.3 is 0 Å². The summed E-state index contributed by atoms with van der Waals surface area (Å²) in [5.74, 6) is 3.05. The Morgan fingerprint density at radius 1 is 1.43 bits per heavy atom. The highest BCUT2D eigenvalue weighted by Crippen LogP contribution is 2.33. The lowest BCUT2D eigenvalue weighted by Crippen LogP contribution is -2.25. The van der Waals surface area contributed by atoms with Crippen molar-refractivity contribution < 1.29 is 4.42 Å². The normalized spacial score (nSPS) is 15.4. The van der Waals surface area contributed by atoms with E-state index < -0.39 is 0 Å². The average Bonchev–Trinajstić information content (AvgIpc) is 2.60. The van der Waals surface area contributed by atoms with Crippen LogP contribution in [-0.2, 0) is 0 Å². The Bertz CT molecular complexity index is 272. The van der Waals surface area contributed by atoms with Crippen molar-refractivity contribution in [1.82, 2.24) is 0 Å². The molecule has 1 heterocycles. The van der Waals surface area contributed by atoms with Crippen LogP contribution in [0.2, 0.25) is 0 Å². The van der Waals surface area contributed by atoms with Crippen molar-refractivity contribution in [3.8, 4) is 0 Å². The highest BCUT2D eigenvalue weighted by atomic mass is 32.2. The highest BCUT2D eigenvalue weighted by molar-refractivity contribution is 7.99. The lowest BCUT2D eigenvalue weighted by atomic mass is 10.1. The Hall–Kier alpha value is -0.410. The molecule has 2 unspecified atom stereocenters. The van der Waals surface area contributed by atoms with Gasteiger partial charge in [-0.3, -0.25) is 0 Å². The number of hydrogen-bond acceptors (Lipinski definition) is 3. The summed E-state index contributed by atoms with van der Waals surface area (Å²) in [5.41, 5.74) is 6.06. The second-order valence-electron chi connectivity index (χ2n) is 3.40. The van der Waals surface area contributed by atoms with Gasteiger partial charge in [0, 0.05) is 6.04 Å². The van der Waals surface area contributed by atoms with E-state index in [0.717, 1.165) is 23.7 Å². The first kappa shape index (κ1) is 11.7. The van der Waals surface area contributed by atoms with Crippen LogP contribution in [0.25, 0.3) is 0 Å². The van der Waals surface area contributed by atoms with Gasteiger partial charge in [0.15, 0.2) is 0 Å². The van der Waals surface area contributed by atoms with Crippen LogP contribution in [0, 0.1) is 6.92 Å². The zero-order chi connectivity index (χ0) is 10.6. The quantitative estimate of drug-likeness (QED) is 0.816. The second-order valence-corrected chi connectivity index (χ2v) is 4.82. The van der Waals surface area contributed by atoms with Gasteiger partial charge < -0.3 is 10.2 Å². The van der Waals surface area contributed by atoms with E-state index in [-0.39, 0.29) is 6.04 Å². The summed E-state index contributed by atoms with van der Waals surface area (Å²) in [6.45, 7) is 6.23. The third-order valence-corrected chi connectivity index (χ3v) is 3.52. The van der Waals surface area contributed by atoms with Crippen LogP contribution in [0.5, 0.6) is 0 Å². The van der Waals surface area contributed by atoms with Crippen LogP contribution in [0.3, 0.4) is 0 Å². The third kappa shape index (κ3) is 2.79. The minimum Gasteiger partial charge on any atom is -0.465 e. The standard InChI is InChI=1S/C11H19NOS/c1-4-9(12)11(14-5-2)10-7-6-8(3)13-10/h6-7,9,11H,4-5,12H2,1-3H3. The van der Waals surface area contributed by atoms with Crippen molar-refractivity contribution in [2.75, 3.05) is 5.75 Å². The molecule has 0 aliphatic heterocycles. The molecule has 1 aromatic rings. The van der Waals surface area contributed by atoms with Gasteiger partial charge in [0.25, 0.3) is 0 Å². The van der Waals surface area contributed by atoms with Gasteiger partial charge in [-0.25, -0.2) is 0 Å². The summed E-state index contributed by atoms with van der Waals surface area (Å²) in [6, 6.07) is 4.23. The fraction of sp³-hybridized carbons (Fsp3) is 0.636. The molecule has 0 aliphatic rings. The minimum absolute atomic E-state index is 0.186. The first-order chi connectivity index (χ1) is 6.69. The smallest absolute Gasteiger partial charge is 0.118 e. The van der Waals surface area contributed by atoms with Crippen molar-refractivity contribution in [2.24, 2.45) is 5.73 Å². The minimum atomic E-state index is 0.186. The molecular weight excluding hydrogens is 194 g/mol. The fourth-order valence-electron chi connectivity index (χ4n) is 1.42. The molecule has 2 N–H and O–H groups in total. The Kier molecular flexibility index (Phi) is 4.55. The van der Waals surface area contributed by atoms with Crippen LogP contribution in [-0.4, -0.2) is 11.8 Å². The monoisotopic (exact) mass is 213 g/mol.